The summed E-state index contributed by atoms with van der Waals surface area (Å²) in [7, 11) is 3.52. The van der Waals surface area contributed by atoms with Crippen LogP contribution >= 0.6 is 0 Å². The molecule has 0 saturated carbocycles. The first-order valence-electron chi connectivity index (χ1n) is 8.83. The van der Waals surface area contributed by atoms with Gasteiger partial charge in [-0.2, -0.15) is 0 Å². The molecule has 1 saturated heterocycles. The highest BCUT2D eigenvalue weighted by atomic mass is 16.5. The van der Waals surface area contributed by atoms with Crippen molar-refractivity contribution in [3.63, 3.8) is 0 Å². The lowest BCUT2D eigenvalue weighted by Crippen LogP contribution is -2.41. The van der Waals surface area contributed by atoms with Gasteiger partial charge in [-0.05, 0) is 32.0 Å². The van der Waals surface area contributed by atoms with Gasteiger partial charge in [-0.25, -0.2) is 4.98 Å². The lowest BCUT2D eigenvalue weighted by atomic mass is 10.0. The molecule has 1 aromatic heterocycles. The van der Waals surface area contributed by atoms with Crippen LogP contribution in [0.25, 0.3) is 0 Å². The largest absolute Gasteiger partial charge is 0.496 e. The maximum atomic E-state index is 12.5. The number of carbonyl (C=O) groups is 1. The Labute approximate surface area is 148 Å². The van der Waals surface area contributed by atoms with Gasteiger partial charge in [0.1, 0.15) is 5.75 Å². The van der Waals surface area contributed by atoms with Crippen LogP contribution in [0.4, 0.5) is 0 Å². The summed E-state index contributed by atoms with van der Waals surface area (Å²) in [5.41, 5.74) is 1.12. The van der Waals surface area contributed by atoms with Crippen molar-refractivity contribution in [2.24, 2.45) is 7.05 Å². The molecule has 0 unspecified atom stereocenters. The highest BCUT2D eigenvalue weighted by Crippen LogP contribution is 2.30. The predicted octanol–water partition coefficient (Wildman–Crippen LogP) is 2.39. The first-order chi connectivity index (χ1) is 12.2. The molecule has 0 bridgehead atoms. The second-order valence-electron chi connectivity index (χ2n) is 6.43. The number of carbonyl (C=O) groups excluding carboxylic acids is 1. The Morgan fingerprint density at radius 1 is 1.28 bits per heavy atom. The zero-order valence-corrected chi connectivity index (χ0v) is 14.9. The Morgan fingerprint density at radius 3 is 2.72 bits per heavy atom. The van der Waals surface area contributed by atoms with Crippen LogP contribution in [0, 0.1) is 0 Å². The average Bonchev–Trinajstić information content (AvgIpc) is 3.09. The Kier molecular flexibility index (Phi) is 5.71. The van der Waals surface area contributed by atoms with E-state index in [1.807, 2.05) is 25.2 Å². The lowest BCUT2D eigenvalue weighted by molar-refractivity contribution is 0.0910. The predicted molar refractivity (Wildman–Crippen MR) is 96.7 cm³/mol. The number of amides is 1. The van der Waals surface area contributed by atoms with Crippen LogP contribution in [0.1, 0.15) is 41.5 Å². The number of hydrogen-bond acceptors (Lipinski definition) is 4. The molecule has 1 fully saturated rings. The second-order valence-corrected chi connectivity index (χ2v) is 6.43. The number of rotatable bonds is 6. The van der Waals surface area contributed by atoms with Crippen molar-refractivity contribution in [1.82, 2.24) is 19.8 Å². The molecule has 1 aliphatic heterocycles. The fraction of sp³-hybridized carbons (Fsp3) is 0.474. The number of likely N-dealkylation sites (tertiary alicyclic amines) is 1. The van der Waals surface area contributed by atoms with Crippen LogP contribution in [0.2, 0.25) is 0 Å². The molecule has 2 heterocycles. The molecule has 1 atom stereocenters. The van der Waals surface area contributed by atoms with Crippen LogP contribution < -0.4 is 10.1 Å². The third-order valence-corrected chi connectivity index (χ3v) is 4.81. The van der Waals surface area contributed by atoms with Crippen LogP contribution in [0.3, 0.4) is 0 Å². The highest BCUT2D eigenvalue weighted by Gasteiger charge is 2.25. The maximum Gasteiger partial charge on any atom is 0.287 e. The molecular weight excluding hydrogens is 316 g/mol. The molecule has 1 aliphatic rings. The summed E-state index contributed by atoms with van der Waals surface area (Å²) in [5.74, 6) is 1.14. The Bertz CT molecular complexity index is 707. The Balaban J connectivity index is 1.79. The van der Waals surface area contributed by atoms with Gasteiger partial charge in [0.05, 0.1) is 13.2 Å². The monoisotopic (exact) mass is 342 g/mol. The average molecular weight is 342 g/mol. The minimum Gasteiger partial charge on any atom is -0.496 e. The number of nitrogens with one attached hydrogen (secondary N) is 1. The number of imidazole rings is 1. The standard InChI is InChI=1S/C19H26N4O2/c1-22-13-10-20-18(22)19(24)21-14-16(23-11-6-3-7-12-23)15-8-4-5-9-17(15)25-2/h4-5,8-10,13,16H,3,6-7,11-12,14H2,1-2H3,(H,21,24)/t16-/m1/s1. The quantitative estimate of drug-likeness (QED) is 0.876. The van der Waals surface area contributed by atoms with E-state index in [9.17, 15) is 4.79 Å². The SMILES string of the molecule is COc1ccccc1[C@@H](CNC(=O)c1nccn1C)N1CCCCC1. The molecule has 6 heteroatoms. The van der Waals surface area contributed by atoms with Crippen molar-refractivity contribution < 1.29 is 9.53 Å². The van der Waals surface area contributed by atoms with Crippen LogP contribution in [0.5, 0.6) is 5.75 Å². The summed E-state index contributed by atoms with van der Waals surface area (Å²) in [6.07, 6.45) is 7.07. The number of aryl methyl sites for hydroxylation is 1. The number of aromatic nitrogens is 2. The molecule has 2 aromatic rings. The molecular formula is C19H26N4O2. The molecule has 6 nitrogen and oxygen atoms in total. The summed E-state index contributed by atoms with van der Waals surface area (Å²) in [4.78, 5) is 19.0. The normalized spacial score (nSPS) is 16.4. The van der Waals surface area contributed by atoms with Crippen molar-refractivity contribution in [2.75, 3.05) is 26.7 Å². The van der Waals surface area contributed by atoms with Crippen LogP contribution in [-0.2, 0) is 7.05 Å². The second kappa shape index (κ2) is 8.16. The third-order valence-electron chi connectivity index (χ3n) is 4.81. The van der Waals surface area contributed by atoms with Gasteiger partial charge in [-0.15, -0.1) is 0 Å². The van der Waals surface area contributed by atoms with Crippen molar-refractivity contribution >= 4 is 5.91 Å². The van der Waals surface area contributed by atoms with Gasteiger partial charge in [0.15, 0.2) is 5.82 Å². The summed E-state index contributed by atoms with van der Waals surface area (Å²) in [6.45, 7) is 2.62. The number of nitrogens with zero attached hydrogens (tertiary/aromatic N) is 3. The zero-order valence-electron chi connectivity index (χ0n) is 14.9. The Hall–Kier alpha value is -2.34. The number of ether oxygens (including phenoxy) is 1. The van der Waals surface area contributed by atoms with Crippen LogP contribution in [0.15, 0.2) is 36.7 Å². The van der Waals surface area contributed by atoms with E-state index in [-0.39, 0.29) is 11.9 Å². The third kappa shape index (κ3) is 4.02. The maximum absolute atomic E-state index is 12.5. The summed E-state index contributed by atoms with van der Waals surface area (Å²) >= 11 is 0. The molecule has 0 radical (unpaired) electrons. The number of benzene rings is 1. The molecule has 1 amide bonds. The molecule has 0 aliphatic carbocycles. The molecule has 3 rings (SSSR count). The van der Waals surface area contributed by atoms with E-state index in [4.69, 9.17) is 4.74 Å². The lowest BCUT2D eigenvalue weighted by Gasteiger charge is -2.35. The van der Waals surface area contributed by atoms with E-state index in [1.165, 1.54) is 19.3 Å². The summed E-state index contributed by atoms with van der Waals surface area (Å²) < 4.78 is 7.29. The minimum atomic E-state index is -0.149. The highest BCUT2D eigenvalue weighted by molar-refractivity contribution is 5.90. The van der Waals surface area contributed by atoms with Gasteiger partial charge in [0.25, 0.3) is 5.91 Å². The van der Waals surface area contributed by atoms with Gasteiger partial charge >= 0.3 is 0 Å². The fourth-order valence-electron chi connectivity index (χ4n) is 3.46. The number of methoxy groups -OCH3 is 1. The topological polar surface area (TPSA) is 59.4 Å². The number of para-hydroxylation sites is 1. The van der Waals surface area contributed by atoms with Crippen LogP contribution in [-0.4, -0.2) is 47.1 Å². The van der Waals surface area contributed by atoms with E-state index in [0.29, 0.717) is 12.4 Å². The molecule has 25 heavy (non-hydrogen) atoms. The van der Waals surface area contributed by atoms with Gasteiger partial charge in [0.2, 0.25) is 0 Å². The number of piperidine rings is 1. The Morgan fingerprint density at radius 2 is 2.04 bits per heavy atom. The van der Waals surface area contributed by atoms with Gasteiger partial charge in [-0.1, -0.05) is 24.6 Å². The van der Waals surface area contributed by atoms with Crippen molar-refractivity contribution in [3.05, 3.63) is 48.0 Å². The molecule has 1 aromatic carbocycles. The molecule has 0 spiro atoms. The summed E-state index contributed by atoms with van der Waals surface area (Å²) in [6, 6.07) is 8.16. The van der Waals surface area contributed by atoms with E-state index in [0.717, 1.165) is 24.4 Å². The van der Waals surface area contributed by atoms with E-state index in [2.05, 4.69) is 21.3 Å². The zero-order chi connectivity index (χ0) is 17.6. The van der Waals surface area contributed by atoms with E-state index < -0.39 is 0 Å². The van der Waals surface area contributed by atoms with Crippen molar-refractivity contribution in [1.29, 1.82) is 0 Å². The number of hydrogen-bond donors (Lipinski definition) is 1. The first-order valence-corrected chi connectivity index (χ1v) is 8.83. The van der Waals surface area contributed by atoms with Gasteiger partial charge < -0.3 is 14.6 Å². The van der Waals surface area contributed by atoms with Crippen molar-refractivity contribution in [2.45, 2.75) is 25.3 Å². The first kappa shape index (κ1) is 17.5. The fourth-order valence-corrected chi connectivity index (χ4v) is 3.46. The minimum absolute atomic E-state index is 0.0978. The molecule has 134 valence electrons. The van der Waals surface area contributed by atoms with Gasteiger partial charge in [-0.3, -0.25) is 9.69 Å². The van der Waals surface area contributed by atoms with E-state index in [1.54, 1.807) is 24.1 Å². The van der Waals surface area contributed by atoms with Gasteiger partial charge in [0, 0.05) is 31.5 Å². The summed E-state index contributed by atoms with van der Waals surface area (Å²) in [5, 5.41) is 3.05. The molecule has 1 N–H and O–H groups in total. The smallest absolute Gasteiger partial charge is 0.287 e. The van der Waals surface area contributed by atoms with E-state index >= 15 is 0 Å². The van der Waals surface area contributed by atoms with Crippen molar-refractivity contribution in [3.8, 4) is 5.75 Å².